The molecule has 0 saturated heterocycles. The van der Waals surface area contributed by atoms with E-state index in [1.165, 1.54) is 22.1 Å². The van der Waals surface area contributed by atoms with Gasteiger partial charge >= 0.3 is 0 Å². The van der Waals surface area contributed by atoms with Crippen molar-refractivity contribution < 1.29 is 0 Å². The summed E-state index contributed by atoms with van der Waals surface area (Å²) in [6, 6.07) is 19.7. The van der Waals surface area contributed by atoms with Crippen molar-refractivity contribution in [1.82, 2.24) is 10.3 Å². The zero-order chi connectivity index (χ0) is 13.4. The van der Waals surface area contributed by atoms with E-state index in [0.29, 0.717) is 0 Å². The number of benzene rings is 2. The highest BCUT2D eigenvalue weighted by Crippen LogP contribution is 2.29. The van der Waals surface area contributed by atoms with Crippen molar-refractivity contribution in [3.05, 3.63) is 77.5 Å². The van der Waals surface area contributed by atoms with Crippen LogP contribution in [0.1, 0.15) is 22.7 Å². The predicted octanol–water partition coefficient (Wildman–Crippen LogP) is 3.47. The molecule has 0 fully saturated rings. The van der Waals surface area contributed by atoms with E-state index in [2.05, 4.69) is 58.8 Å². The number of nitrogens with zero attached hydrogens (tertiary/aromatic N) is 1. The summed E-state index contributed by atoms with van der Waals surface area (Å²) >= 11 is 0. The number of rotatable bonds is 1. The molecule has 4 rings (SSSR count). The Morgan fingerprint density at radius 2 is 1.95 bits per heavy atom. The molecule has 2 nitrogen and oxygen atoms in total. The molecule has 1 atom stereocenters. The fourth-order valence-electron chi connectivity index (χ4n) is 3.07. The fourth-order valence-corrected chi connectivity index (χ4v) is 3.07. The average Bonchev–Trinajstić information content (AvgIpc) is 2.54. The molecular weight excluding hydrogens is 244 g/mol. The Morgan fingerprint density at radius 3 is 2.95 bits per heavy atom. The van der Waals surface area contributed by atoms with Gasteiger partial charge in [-0.3, -0.25) is 4.98 Å². The van der Waals surface area contributed by atoms with Crippen molar-refractivity contribution in [2.75, 3.05) is 6.54 Å². The van der Waals surface area contributed by atoms with Crippen LogP contribution in [0.3, 0.4) is 0 Å². The first-order valence-corrected chi connectivity index (χ1v) is 7.08. The lowest BCUT2D eigenvalue weighted by Gasteiger charge is -2.27. The van der Waals surface area contributed by atoms with Crippen molar-refractivity contribution in [3.8, 4) is 0 Å². The van der Waals surface area contributed by atoms with Crippen molar-refractivity contribution in [1.29, 1.82) is 0 Å². The monoisotopic (exact) mass is 260 g/mol. The molecule has 0 amide bonds. The van der Waals surface area contributed by atoms with Crippen molar-refractivity contribution in [2.45, 2.75) is 12.5 Å². The standard InChI is InChI=1S/C18H16N2/c1-2-6-16-13(4-1)9-11-20-18(16)15-8-7-14-5-3-10-19-17(14)12-15/h1-8,10,12,18,20H,9,11H2. The normalized spacial score (nSPS) is 17.9. The van der Waals surface area contributed by atoms with Crippen LogP contribution in [0.25, 0.3) is 10.9 Å². The maximum Gasteiger partial charge on any atom is 0.0705 e. The van der Waals surface area contributed by atoms with Gasteiger partial charge in [-0.2, -0.15) is 0 Å². The van der Waals surface area contributed by atoms with Crippen LogP contribution in [0, 0.1) is 0 Å². The second-order valence-corrected chi connectivity index (χ2v) is 5.29. The second kappa shape index (κ2) is 4.73. The largest absolute Gasteiger partial charge is 0.306 e. The first-order chi connectivity index (χ1) is 9.92. The maximum atomic E-state index is 4.46. The van der Waals surface area contributed by atoms with Gasteiger partial charge < -0.3 is 5.32 Å². The number of hydrogen-bond acceptors (Lipinski definition) is 2. The van der Waals surface area contributed by atoms with Gasteiger partial charge in [0.2, 0.25) is 0 Å². The molecule has 20 heavy (non-hydrogen) atoms. The van der Waals surface area contributed by atoms with Gasteiger partial charge in [0.1, 0.15) is 0 Å². The molecule has 98 valence electrons. The van der Waals surface area contributed by atoms with E-state index < -0.39 is 0 Å². The Labute approximate surface area is 118 Å². The van der Waals surface area contributed by atoms with E-state index in [4.69, 9.17) is 0 Å². The summed E-state index contributed by atoms with van der Waals surface area (Å²) in [6.45, 7) is 1.03. The number of hydrogen-bond donors (Lipinski definition) is 1. The highest BCUT2D eigenvalue weighted by molar-refractivity contribution is 5.79. The molecule has 0 saturated carbocycles. The minimum absolute atomic E-state index is 0.284. The van der Waals surface area contributed by atoms with Gasteiger partial charge in [0.05, 0.1) is 11.6 Å². The number of fused-ring (bicyclic) bond motifs is 2. The van der Waals surface area contributed by atoms with E-state index in [1.807, 2.05) is 12.3 Å². The second-order valence-electron chi connectivity index (χ2n) is 5.29. The summed E-state index contributed by atoms with van der Waals surface area (Å²) in [4.78, 5) is 4.46. The quantitative estimate of drug-likeness (QED) is 0.724. The van der Waals surface area contributed by atoms with Crippen molar-refractivity contribution >= 4 is 10.9 Å². The zero-order valence-electron chi connectivity index (χ0n) is 11.2. The third-order valence-corrected chi connectivity index (χ3v) is 4.07. The molecule has 1 aliphatic rings. The maximum absolute atomic E-state index is 4.46. The van der Waals surface area contributed by atoms with Gasteiger partial charge in [-0.05, 0) is 35.2 Å². The van der Waals surface area contributed by atoms with Crippen LogP contribution < -0.4 is 5.32 Å². The minimum atomic E-state index is 0.284. The Bertz CT molecular complexity index is 764. The highest BCUT2D eigenvalue weighted by atomic mass is 14.9. The third kappa shape index (κ3) is 1.89. The molecule has 1 N–H and O–H groups in total. The molecule has 3 aromatic rings. The number of aromatic nitrogens is 1. The first-order valence-electron chi connectivity index (χ1n) is 7.08. The van der Waals surface area contributed by atoms with Gasteiger partial charge in [0.15, 0.2) is 0 Å². The summed E-state index contributed by atoms with van der Waals surface area (Å²) in [7, 11) is 0. The number of pyridine rings is 1. The zero-order valence-corrected chi connectivity index (χ0v) is 11.2. The summed E-state index contributed by atoms with van der Waals surface area (Å²) in [6.07, 6.45) is 2.97. The van der Waals surface area contributed by atoms with Crippen LogP contribution in [-0.4, -0.2) is 11.5 Å². The molecule has 2 heterocycles. The van der Waals surface area contributed by atoms with Crippen LogP contribution >= 0.6 is 0 Å². The van der Waals surface area contributed by atoms with Crippen LogP contribution in [-0.2, 0) is 6.42 Å². The van der Waals surface area contributed by atoms with Crippen molar-refractivity contribution in [3.63, 3.8) is 0 Å². The molecule has 2 heteroatoms. The lowest BCUT2D eigenvalue weighted by atomic mass is 9.89. The molecular formula is C18H16N2. The Morgan fingerprint density at radius 1 is 1.00 bits per heavy atom. The Kier molecular flexibility index (Phi) is 2.75. The van der Waals surface area contributed by atoms with Gasteiger partial charge in [-0.15, -0.1) is 0 Å². The van der Waals surface area contributed by atoms with E-state index in [1.54, 1.807) is 0 Å². The lowest BCUT2D eigenvalue weighted by Crippen LogP contribution is -2.30. The van der Waals surface area contributed by atoms with E-state index >= 15 is 0 Å². The van der Waals surface area contributed by atoms with Gasteiger partial charge in [0.25, 0.3) is 0 Å². The van der Waals surface area contributed by atoms with Crippen LogP contribution in [0.15, 0.2) is 60.8 Å². The molecule has 1 aromatic heterocycles. The third-order valence-electron chi connectivity index (χ3n) is 4.07. The van der Waals surface area contributed by atoms with Gasteiger partial charge in [-0.1, -0.05) is 42.5 Å². The van der Waals surface area contributed by atoms with Crippen LogP contribution in [0.4, 0.5) is 0 Å². The lowest BCUT2D eigenvalue weighted by molar-refractivity contribution is 0.568. The summed E-state index contributed by atoms with van der Waals surface area (Å²) in [5.74, 6) is 0. The van der Waals surface area contributed by atoms with Gasteiger partial charge in [0, 0.05) is 18.1 Å². The van der Waals surface area contributed by atoms with Crippen LogP contribution in [0.5, 0.6) is 0 Å². The Hall–Kier alpha value is -2.19. The summed E-state index contributed by atoms with van der Waals surface area (Å²) < 4.78 is 0. The van der Waals surface area contributed by atoms with E-state index in [0.717, 1.165) is 18.5 Å². The topological polar surface area (TPSA) is 24.9 Å². The molecule has 0 spiro atoms. The predicted molar refractivity (Wildman–Crippen MR) is 81.7 cm³/mol. The molecule has 0 bridgehead atoms. The van der Waals surface area contributed by atoms with Gasteiger partial charge in [-0.25, -0.2) is 0 Å². The SMILES string of the molecule is c1ccc2c(c1)CCNC2c1ccc2cccnc2c1. The molecule has 0 radical (unpaired) electrons. The molecule has 0 aliphatic carbocycles. The molecule has 1 unspecified atom stereocenters. The van der Waals surface area contributed by atoms with Crippen molar-refractivity contribution in [2.24, 2.45) is 0 Å². The smallest absolute Gasteiger partial charge is 0.0705 e. The van der Waals surface area contributed by atoms with E-state index in [-0.39, 0.29) is 6.04 Å². The molecule has 1 aliphatic heterocycles. The Balaban J connectivity index is 1.84. The summed E-state index contributed by atoms with van der Waals surface area (Å²) in [5, 5.41) is 4.82. The summed E-state index contributed by atoms with van der Waals surface area (Å²) in [5.41, 5.74) is 5.21. The number of nitrogens with one attached hydrogen (secondary N) is 1. The van der Waals surface area contributed by atoms with E-state index in [9.17, 15) is 0 Å². The minimum Gasteiger partial charge on any atom is -0.306 e. The first kappa shape index (κ1) is 11.6. The fraction of sp³-hybridized carbons (Fsp3) is 0.167. The average molecular weight is 260 g/mol. The molecule has 2 aromatic carbocycles. The van der Waals surface area contributed by atoms with Crippen LogP contribution in [0.2, 0.25) is 0 Å². The highest BCUT2D eigenvalue weighted by Gasteiger charge is 2.20.